The first kappa shape index (κ1) is 23.6. The molecular formula is C23H26F3N3O3. The van der Waals surface area contributed by atoms with E-state index >= 15 is 0 Å². The molecule has 1 saturated heterocycles. The number of halogens is 3. The molecule has 0 bridgehead atoms. The van der Waals surface area contributed by atoms with Gasteiger partial charge in [0, 0.05) is 44.4 Å². The van der Waals surface area contributed by atoms with Gasteiger partial charge in [-0.3, -0.25) is 14.5 Å². The molecule has 9 heteroatoms. The van der Waals surface area contributed by atoms with E-state index in [1.165, 1.54) is 25.1 Å². The van der Waals surface area contributed by atoms with Crippen LogP contribution in [0.15, 0.2) is 42.5 Å². The minimum Gasteiger partial charge on any atom is -0.405 e. The maximum Gasteiger partial charge on any atom is 0.573 e. The zero-order valence-corrected chi connectivity index (χ0v) is 18.2. The van der Waals surface area contributed by atoms with E-state index < -0.39 is 24.1 Å². The number of alkyl halides is 3. The zero-order chi connectivity index (χ0) is 23.5. The molecule has 2 aromatic carbocycles. The van der Waals surface area contributed by atoms with Gasteiger partial charge in [-0.1, -0.05) is 36.4 Å². The first-order valence-electron chi connectivity index (χ1n) is 10.3. The number of nitrogens with one attached hydrogen (secondary N) is 1. The maximum absolute atomic E-state index is 13.5. The summed E-state index contributed by atoms with van der Waals surface area (Å²) in [5.74, 6) is -0.963. The van der Waals surface area contributed by atoms with Crippen molar-refractivity contribution in [2.75, 3.05) is 31.5 Å². The molecule has 1 aliphatic heterocycles. The molecule has 6 nitrogen and oxygen atoms in total. The molecule has 0 radical (unpaired) electrons. The highest BCUT2D eigenvalue weighted by molar-refractivity contribution is 5.97. The highest BCUT2D eigenvalue weighted by Crippen LogP contribution is 2.35. The molecule has 32 heavy (non-hydrogen) atoms. The summed E-state index contributed by atoms with van der Waals surface area (Å²) in [6.07, 6.45) is -4.89. The number of rotatable bonds is 5. The van der Waals surface area contributed by atoms with Crippen LogP contribution in [0.4, 0.5) is 18.9 Å². The van der Waals surface area contributed by atoms with Crippen LogP contribution in [0.2, 0.25) is 0 Å². The van der Waals surface area contributed by atoms with Crippen molar-refractivity contribution >= 4 is 17.5 Å². The maximum atomic E-state index is 13.5. The first-order chi connectivity index (χ1) is 15.1. The fourth-order valence-electron chi connectivity index (χ4n) is 3.93. The highest BCUT2D eigenvalue weighted by atomic mass is 19.4. The number of para-hydroxylation sites is 2. The second-order valence-corrected chi connectivity index (χ2v) is 7.79. The quantitative estimate of drug-likeness (QED) is 0.748. The second-order valence-electron chi connectivity index (χ2n) is 7.79. The molecule has 1 fully saturated rings. The van der Waals surface area contributed by atoms with Gasteiger partial charge in [0.1, 0.15) is 11.8 Å². The summed E-state index contributed by atoms with van der Waals surface area (Å²) < 4.78 is 43.4. The van der Waals surface area contributed by atoms with Gasteiger partial charge in [0.15, 0.2) is 0 Å². The van der Waals surface area contributed by atoms with Crippen molar-refractivity contribution in [2.24, 2.45) is 0 Å². The number of anilines is 1. The monoisotopic (exact) mass is 449 g/mol. The lowest BCUT2D eigenvalue weighted by Gasteiger charge is -2.39. The Morgan fingerprint density at radius 3 is 2.12 bits per heavy atom. The third kappa shape index (κ3) is 5.59. The number of hydrogen-bond donors (Lipinski definition) is 1. The average molecular weight is 449 g/mol. The van der Waals surface area contributed by atoms with Crippen LogP contribution in [0.1, 0.15) is 29.7 Å². The number of aryl methyl sites for hydroxylation is 2. The largest absolute Gasteiger partial charge is 0.573 e. The molecule has 3 rings (SSSR count). The third-order valence-corrected chi connectivity index (χ3v) is 5.54. The van der Waals surface area contributed by atoms with Gasteiger partial charge in [0.05, 0.1) is 0 Å². The van der Waals surface area contributed by atoms with Crippen molar-refractivity contribution in [1.82, 2.24) is 9.80 Å². The smallest absolute Gasteiger partial charge is 0.405 e. The summed E-state index contributed by atoms with van der Waals surface area (Å²) in [5, 5.41) is 2.90. The van der Waals surface area contributed by atoms with E-state index in [0.29, 0.717) is 31.9 Å². The molecule has 0 spiro atoms. The van der Waals surface area contributed by atoms with Gasteiger partial charge in [-0.15, -0.1) is 13.2 Å². The van der Waals surface area contributed by atoms with Crippen LogP contribution in [0, 0.1) is 13.8 Å². The fraction of sp³-hybridized carbons (Fsp3) is 0.391. The van der Waals surface area contributed by atoms with Crippen LogP contribution in [0.25, 0.3) is 0 Å². The lowest BCUT2D eigenvalue weighted by Crippen LogP contribution is -2.51. The van der Waals surface area contributed by atoms with Crippen LogP contribution < -0.4 is 10.1 Å². The molecule has 1 aliphatic rings. The molecule has 0 aliphatic carbocycles. The zero-order valence-electron chi connectivity index (χ0n) is 18.2. The Kier molecular flexibility index (Phi) is 7.08. The summed E-state index contributed by atoms with van der Waals surface area (Å²) in [6.45, 7) is 6.60. The number of benzene rings is 2. The van der Waals surface area contributed by atoms with Gasteiger partial charge in [0.2, 0.25) is 11.8 Å². The lowest BCUT2D eigenvalue weighted by atomic mass is 10.0. The van der Waals surface area contributed by atoms with Crippen molar-refractivity contribution in [2.45, 2.75) is 33.2 Å². The van der Waals surface area contributed by atoms with Crippen molar-refractivity contribution in [1.29, 1.82) is 0 Å². The molecule has 0 saturated carbocycles. The lowest BCUT2D eigenvalue weighted by molar-refractivity contribution is -0.275. The average Bonchev–Trinajstić information content (AvgIpc) is 2.71. The fourth-order valence-corrected chi connectivity index (χ4v) is 3.93. The van der Waals surface area contributed by atoms with Crippen LogP contribution >= 0.6 is 0 Å². The number of hydrogen-bond acceptors (Lipinski definition) is 4. The molecule has 1 N–H and O–H groups in total. The minimum atomic E-state index is -4.89. The Balaban J connectivity index is 1.98. The van der Waals surface area contributed by atoms with Crippen LogP contribution in [-0.4, -0.2) is 54.2 Å². The van der Waals surface area contributed by atoms with E-state index in [-0.39, 0.29) is 11.5 Å². The van der Waals surface area contributed by atoms with Crippen LogP contribution in [-0.2, 0) is 9.59 Å². The Morgan fingerprint density at radius 1 is 0.969 bits per heavy atom. The highest BCUT2D eigenvalue weighted by Gasteiger charge is 2.37. The Morgan fingerprint density at radius 2 is 1.56 bits per heavy atom. The molecule has 1 atom stereocenters. The molecule has 2 aromatic rings. The van der Waals surface area contributed by atoms with E-state index in [2.05, 4.69) is 10.1 Å². The van der Waals surface area contributed by atoms with Gasteiger partial charge in [-0.2, -0.15) is 0 Å². The predicted octanol–water partition coefficient (Wildman–Crippen LogP) is 4.05. The molecule has 172 valence electrons. The summed E-state index contributed by atoms with van der Waals surface area (Å²) >= 11 is 0. The minimum absolute atomic E-state index is 0.0815. The number of piperazine rings is 1. The van der Waals surface area contributed by atoms with E-state index in [1.54, 1.807) is 15.9 Å². The van der Waals surface area contributed by atoms with Crippen molar-refractivity contribution in [3.8, 4) is 5.75 Å². The van der Waals surface area contributed by atoms with Gasteiger partial charge in [0.25, 0.3) is 0 Å². The number of carbonyl (C=O) groups is 2. The molecular weight excluding hydrogens is 423 g/mol. The van der Waals surface area contributed by atoms with E-state index in [1.807, 2.05) is 32.0 Å². The van der Waals surface area contributed by atoms with E-state index in [9.17, 15) is 22.8 Å². The summed E-state index contributed by atoms with van der Waals surface area (Å²) in [6, 6.07) is 10.2. The van der Waals surface area contributed by atoms with E-state index in [0.717, 1.165) is 11.1 Å². The summed E-state index contributed by atoms with van der Waals surface area (Å²) in [5.41, 5.74) is 2.43. The molecule has 1 unspecified atom stereocenters. The third-order valence-electron chi connectivity index (χ3n) is 5.54. The first-order valence-corrected chi connectivity index (χ1v) is 10.3. The van der Waals surface area contributed by atoms with Gasteiger partial charge < -0.3 is 15.0 Å². The molecule has 1 heterocycles. The van der Waals surface area contributed by atoms with Gasteiger partial charge in [-0.05, 0) is 31.0 Å². The number of carbonyl (C=O) groups excluding carboxylic acids is 2. The van der Waals surface area contributed by atoms with Crippen molar-refractivity contribution in [3.63, 3.8) is 0 Å². The van der Waals surface area contributed by atoms with E-state index in [4.69, 9.17) is 0 Å². The number of nitrogens with zero attached hydrogens (tertiary/aromatic N) is 2. The normalized spacial score (nSPS) is 15.9. The Hall–Kier alpha value is -3.07. The Bertz CT molecular complexity index is 966. The van der Waals surface area contributed by atoms with Crippen LogP contribution in [0.5, 0.6) is 5.75 Å². The number of amides is 2. The molecule has 2 amide bonds. The van der Waals surface area contributed by atoms with Crippen molar-refractivity contribution in [3.05, 3.63) is 59.2 Å². The standard InChI is InChI=1S/C23H26F3N3O3/c1-15-7-6-8-16(2)20(15)27-22(31)21(29-13-11-28(12-14-29)17(3)30)18-9-4-5-10-19(18)32-23(24,25)26/h4-10,21H,11-14H2,1-3H3,(H,27,31). The summed E-state index contributed by atoms with van der Waals surface area (Å²) in [4.78, 5) is 28.6. The summed E-state index contributed by atoms with van der Waals surface area (Å²) in [7, 11) is 0. The SMILES string of the molecule is CC(=O)N1CCN(C(C(=O)Nc2c(C)cccc2C)c2ccccc2OC(F)(F)F)CC1. The topological polar surface area (TPSA) is 61.9 Å². The van der Waals surface area contributed by atoms with Gasteiger partial charge >= 0.3 is 6.36 Å². The van der Waals surface area contributed by atoms with Gasteiger partial charge in [-0.25, -0.2) is 0 Å². The predicted molar refractivity (Wildman–Crippen MR) is 114 cm³/mol. The van der Waals surface area contributed by atoms with Crippen molar-refractivity contribution < 1.29 is 27.5 Å². The number of ether oxygens (including phenoxy) is 1. The molecule has 0 aromatic heterocycles. The Labute approximate surface area is 184 Å². The second kappa shape index (κ2) is 9.60. The van der Waals surface area contributed by atoms with Crippen LogP contribution in [0.3, 0.4) is 0 Å².